The minimum Gasteiger partial charge on any atom is -0.482 e. The molecule has 1 amide bonds. The quantitative estimate of drug-likeness (QED) is 0.862. The lowest BCUT2D eigenvalue weighted by Gasteiger charge is -2.24. The molecule has 1 atom stereocenters. The monoisotopic (exact) mass is 257 g/mol. The van der Waals surface area contributed by atoms with Crippen molar-refractivity contribution in [1.82, 2.24) is 5.32 Å². The first kappa shape index (κ1) is 12.0. The number of rotatable bonds is 3. The van der Waals surface area contributed by atoms with Crippen LogP contribution in [0.5, 0.6) is 5.75 Å². The molecule has 2 N–H and O–H groups in total. The number of carbonyl (C=O) groups excluding carboxylic acids is 1. The summed E-state index contributed by atoms with van der Waals surface area (Å²) in [5, 5.41) is 15.3. The minimum atomic E-state index is -0.303. The zero-order valence-electron chi connectivity index (χ0n) is 10.7. The first-order valence-corrected chi connectivity index (χ1v) is 6.34. The summed E-state index contributed by atoms with van der Waals surface area (Å²) in [7, 11) is 1.86. The van der Waals surface area contributed by atoms with Crippen molar-refractivity contribution in [2.75, 3.05) is 19.0 Å². The van der Waals surface area contributed by atoms with Crippen molar-refractivity contribution in [2.24, 2.45) is 5.41 Å². The van der Waals surface area contributed by atoms with Gasteiger partial charge in [-0.05, 0) is 37.6 Å². The van der Waals surface area contributed by atoms with E-state index in [0.29, 0.717) is 11.4 Å². The molecule has 1 fully saturated rings. The molecule has 1 saturated carbocycles. The molecule has 0 saturated heterocycles. The molecule has 1 aromatic carbocycles. The van der Waals surface area contributed by atoms with Gasteiger partial charge in [-0.1, -0.05) is 6.07 Å². The Balaban J connectivity index is 1.95. The number of amides is 1. The van der Waals surface area contributed by atoms with Gasteiger partial charge in [0.15, 0.2) is 6.61 Å². The van der Waals surface area contributed by atoms with Crippen LogP contribution >= 0.6 is 0 Å². The molecule has 1 aliphatic heterocycles. The van der Waals surface area contributed by atoms with Crippen LogP contribution in [-0.2, 0) is 4.79 Å². The van der Waals surface area contributed by atoms with Crippen LogP contribution in [0.2, 0.25) is 0 Å². The van der Waals surface area contributed by atoms with Gasteiger partial charge in [-0.2, -0.15) is 5.26 Å². The molecule has 0 spiro atoms. The van der Waals surface area contributed by atoms with E-state index in [4.69, 9.17) is 4.74 Å². The largest absolute Gasteiger partial charge is 0.482 e. The predicted molar refractivity (Wildman–Crippen MR) is 69.6 cm³/mol. The van der Waals surface area contributed by atoms with Crippen molar-refractivity contribution in [2.45, 2.75) is 18.9 Å². The van der Waals surface area contributed by atoms with Crippen LogP contribution in [0.3, 0.4) is 0 Å². The van der Waals surface area contributed by atoms with E-state index in [-0.39, 0.29) is 24.0 Å². The van der Waals surface area contributed by atoms with Crippen molar-refractivity contribution >= 4 is 11.6 Å². The zero-order valence-corrected chi connectivity index (χ0v) is 10.7. The smallest absolute Gasteiger partial charge is 0.262 e. The van der Waals surface area contributed by atoms with Crippen LogP contribution in [0.25, 0.3) is 0 Å². The maximum atomic E-state index is 11.3. The van der Waals surface area contributed by atoms with E-state index in [1.54, 1.807) is 0 Å². The molecule has 5 nitrogen and oxygen atoms in total. The normalized spacial score (nSPS) is 20.5. The van der Waals surface area contributed by atoms with Crippen LogP contribution < -0.4 is 15.4 Å². The highest BCUT2D eigenvalue weighted by atomic mass is 16.5. The molecule has 2 aliphatic rings. The predicted octanol–water partition coefficient (Wildman–Crippen LogP) is 1.58. The van der Waals surface area contributed by atoms with Crippen molar-refractivity contribution in [1.29, 1.82) is 5.26 Å². The zero-order chi connectivity index (χ0) is 13.5. The number of fused-ring (bicyclic) bond motifs is 1. The number of hydrogen-bond acceptors (Lipinski definition) is 4. The van der Waals surface area contributed by atoms with Crippen LogP contribution in [0.4, 0.5) is 5.69 Å². The molecule has 5 heteroatoms. The topological polar surface area (TPSA) is 74.2 Å². The average molecular weight is 257 g/mol. The first-order valence-electron chi connectivity index (χ1n) is 6.34. The third-order valence-corrected chi connectivity index (χ3v) is 3.82. The van der Waals surface area contributed by atoms with Crippen LogP contribution in [0.15, 0.2) is 18.2 Å². The summed E-state index contributed by atoms with van der Waals surface area (Å²) in [4.78, 5) is 11.3. The Bertz CT molecular complexity index is 573. The second kappa shape index (κ2) is 4.25. The van der Waals surface area contributed by atoms with Crippen LogP contribution in [0, 0.1) is 16.7 Å². The third-order valence-electron chi connectivity index (χ3n) is 3.82. The summed E-state index contributed by atoms with van der Waals surface area (Å²) in [5.41, 5.74) is 1.39. The molecule has 3 rings (SSSR count). The molecule has 98 valence electrons. The van der Waals surface area contributed by atoms with Crippen LogP contribution in [0.1, 0.15) is 24.4 Å². The van der Waals surface area contributed by atoms with Gasteiger partial charge in [0.25, 0.3) is 5.91 Å². The van der Waals surface area contributed by atoms with Crippen molar-refractivity contribution in [3.8, 4) is 11.8 Å². The van der Waals surface area contributed by atoms with Crippen LogP contribution in [-0.4, -0.2) is 19.6 Å². The number of anilines is 1. The Hall–Kier alpha value is -2.06. The van der Waals surface area contributed by atoms with Crippen molar-refractivity contribution in [3.05, 3.63) is 23.8 Å². The first-order chi connectivity index (χ1) is 9.18. The molecular weight excluding hydrogens is 242 g/mol. The van der Waals surface area contributed by atoms with E-state index < -0.39 is 0 Å². The Kier molecular flexibility index (Phi) is 2.68. The molecule has 19 heavy (non-hydrogen) atoms. The number of nitriles is 1. The van der Waals surface area contributed by atoms with Gasteiger partial charge >= 0.3 is 0 Å². The number of carbonyl (C=O) groups is 1. The summed E-state index contributed by atoms with van der Waals surface area (Å²) < 4.78 is 5.33. The van der Waals surface area contributed by atoms with E-state index in [0.717, 1.165) is 18.4 Å². The molecule has 0 aromatic heterocycles. The summed E-state index contributed by atoms with van der Waals surface area (Å²) in [6.45, 7) is 0.0595. The van der Waals surface area contributed by atoms with E-state index in [1.807, 2.05) is 25.2 Å². The maximum absolute atomic E-state index is 11.3. The molecule has 1 aromatic rings. The SMILES string of the molecule is CNC(c1ccc2c(c1)NC(=O)CO2)C1(C#N)CC1. The number of benzene rings is 1. The van der Waals surface area contributed by atoms with Gasteiger partial charge in [0, 0.05) is 0 Å². The van der Waals surface area contributed by atoms with E-state index in [1.165, 1.54) is 0 Å². The molecule has 0 radical (unpaired) electrons. The fourth-order valence-corrected chi connectivity index (χ4v) is 2.64. The van der Waals surface area contributed by atoms with Gasteiger partial charge in [0.1, 0.15) is 5.75 Å². The highest BCUT2D eigenvalue weighted by Crippen LogP contribution is 2.54. The van der Waals surface area contributed by atoms with Gasteiger partial charge in [-0.25, -0.2) is 0 Å². The van der Waals surface area contributed by atoms with E-state index in [9.17, 15) is 10.1 Å². The molecule has 0 bridgehead atoms. The van der Waals surface area contributed by atoms with Crippen molar-refractivity contribution in [3.63, 3.8) is 0 Å². The minimum absolute atomic E-state index is 0.0124. The molecule has 1 unspecified atom stereocenters. The highest BCUT2D eigenvalue weighted by Gasteiger charge is 2.50. The van der Waals surface area contributed by atoms with E-state index in [2.05, 4.69) is 16.7 Å². The second-order valence-electron chi connectivity index (χ2n) is 5.08. The van der Waals surface area contributed by atoms with Gasteiger partial charge in [0.2, 0.25) is 0 Å². The molecule has 1 aliphatic carbocycles. The second-order valence-corrected chi connectivity index (χ2v) is 5.08. The van der Waals surface area contributed by atoms with Crippen molar-refractivity contribution < 1.29 is 9.53 Å². The Morgan fingerprint density at radius 3 is 2.95 bits per heavy atom. The molecular formula is C14H15N3O2. The fourth-order valence-electron chi connectivity index (χ4n) is 2.64. The number of hydrogen-bond donors (Lipinski definition) is 2. The van der Waals surface area contributed by atoms with Gasteiger partial charge < -0.3 is 15.4 Å². The Labute approximate surface area is 111 Å². The lowest BCUT2D eigenvalue weighted by molar-refractivity contribution is -0.118. The summed E-state index contributed by atoms with van der Waals surface area (Å²) in [6, 6.07) is 8.09. The standard InChI is InChI=1S/C14H15N3O2/c1-16-13(14(8-15)4-5-14)9-2-3-11-10(6-9)17-12(18)7-19-11/h2-3,6,13,16H,4-5,7H2,1H3,(H,17,18). The molecule has 1 heterocycles. The maximum Gasteiger partial charge on any atom is 0.262 e. The van der Waals surface area contributed by atoms with Gasteiger partial charge in [-0.3, -0.25) is 4.79 Å². The van der Waals surface area contributed by atoms with Gasteiger partial charge in [-0.15, -0.1) is 0 Å². The average Bonchev–Trinajstić information content (AvgIpc) is 3.20. The Morgan fingerprint density at radius 1 is 1.53 bits per heavy atom. The lowest BCUT2D eigenvalue weighted by Crippen LogP contribution is -2.28. The van der Waals surface area contributed by atoms with Gasteiger partial charge in [0.05, 0.1) is 23.2 Å². The number of nitrogens with zero attached hydrogens (tertiary/aromatic N) is 1. The van der Waals surface area contributed by atoms with E-state index >= 15 is 0 Å². The Morgan fingerprint density at radius 2 is 2.32 bits per heavy atom. The summed E-state index contributed by atoms with van der Waals surface area (Å²) in [6.07, 6.45) is 1.82. The summed E-state index contributed by atoms with van der Waals surface area (Å²) >= 11 is 0. The fraction of sp³-hybridized carbons (Fsp3) is 0.429. The lowest BCUT2D eigenvalue weighted by atomic mass is 9.91. The highest BCUT2D eigenvalue weighted by molar-refractivity contribution is 5.95. The summed E-state index contributed by atoms with van der Waals surface area (Å²) in [5.74, 6) is 0.534. The number of nitrogens with one attached hydrogen (secondary N) is 2. The number of ether oxygens (including phenoxy) is 1. The third kappa shape index (κ3) is 1.94.